The quantitative estimate of drug-likeness (QED) is 0.390. The molecule has 0 heterocycles. The Bertz CT molecular complexity index is 978. The van der Waals surface area contributed by atoms with Gasteiger partial charge in [0.25, 0.3) is 5.91 Å². The van der Waals surface area contributed by atoms with E-state index < -0.39 is 6.04 Å². The van der Waals surface area contributed by atoms with E-state index in [4.69, 9.17) is 27.9 Å². The smallest absolute Gasteiger partial charge is 0.261 e. The Morgan fingerprint density at radius 3 is 2.45 bits per heavy atom. The molecule has 0 unspecified atom stereocenters. The summed E-state index contributed by atoms with van der Waals surface area (Å²) < 4.78 is 5.92. The molecule has 1 atom stereocenters. The minimum absolute atomic E-state index is 0.173. The Labute approximate surface area is 207 Å². The SMILES string of the molecule is CCCCNC(=O)[C@H](CC)N(Cc1ccc(Cl)cc1Cl)C(=O)COc1cc(C)cc(C)c1C. The van der Waals surface area contributed by atoms with Crippen molar-refractivity contribution in [2.45, 2.75) is 66.5 Å². The van der Waals surface area contributed by atoms with Crippen LogP contribution in [0.25, 0.3) is 0 Å². The second kappa shape index (κ2) is 12.9. The molecule has 0 aliphatic heterocycles. The van der Waals surface area contributed by atoms with E-state index in [9.17, 15) is 9.59 Å². The normalized spacial score (nSPS) is 11.7. The van der Waals surface area contributed by atoms with Crippen LogP contribution in [0.15, 0.2) is 30.3 Å². The predicted molar refractivity (Wildman–Crippen MR) is 135 cm³/mol. The average Bonchev–Trinajstić information content (AvgIpc) is 2.76. The maximum Gasteiger partial charge on any atom is 0.261 e. The molecule has 7 heteroatoms. The number of carbonyl (C=O) groups excluding carboxylic acids is 2. The highest BCUT2D eigenvalue weighted by Crippen LogP contribution is 2.25. The molecule has 0 aromatic heterocycles. The van der Waals surface area contributed by atoms with E-state index in [2.05, 4.69) is 18.3 Å². The lowest BCUT2D eigenvalue weighted by Gasteiger charge is -2.31. The van der Waals surface area contributed by atoms with Crippen molar-refractivity contribution in [3.63, 3.8) is 0 Å². The Morgan fingerprint density at radius 1 is 1.09 bits per heavy atom. The summed E-state index contributed by atoms with van der Waals surface area (Å²) in [6.45, 7) is 10.5. The Kier molecular flexibility index (Phi) is 10.5. The van der Waals surface area contributed by atoms with Gasteiger partial charge < -0.3 is 15.0 Å². The molecule has 0 saturated carbocycles. The van der Waals surface area contributed by atoms with Gasteiger partial charge in [-0.05, 0) is 74.1 Å². The minimum Gasteiger partial charge on any atom is -0.483 e. The van der Waals surface area contributed by atoms with E-state index in [0.717, 1.165) is 35.1 Å². The van der Waals surface area contributed by atoms with Crippen molar-refractivity contribution >= 4 is 35.0 Å². The van der Waals surface area contributed by atoms with E-state index in [1.807, 2.05) is 33.8 Å². The van der Waals surface area contributed by atoms with Crippen molar-refractivity contribution in [3.8, 4) is 5.75 Å². The molecule has 5 nitrogen and oxygen atoms in total. The largest absolute Gasteiger partial charge is 0.483 e. The van der Waals surface area contributed by atoms with Crippen LogP contribution in [-0.2, 0) is 16.1 Å². The highest BCUT2D eigenvalue weighted by Gasteiger charge is 2.29. The first-order chi connectivity index (χ1) is 15.7. The Morgan fingerprint density at radius 2 is 1.82 bits per heavy atom. The number of ether oxygens (including phenoxy) is 1. The van der Waals surface area contributed by atoms with Crippen molar-refractivity contribution < 1.29 is 14.3 Å². The van der Waals surface area contributed by atoms with Crippen LogP contribution in [0.2, 0.25) is 10.0 Å². The van der Waals surface area contributed by atoms with E-state index in [0.29, 0.717) is 28.8 Å². The van der Waals surface area contributed by atoms with Gasteiger partial charge in [-0.2, -0.15) is 0 Å². The molecule has 2 aromatic rings. The summed E-state index contributed by atoms with van der Waals surface area (Å²) in [5, 5.41) is 3.91. The van der Waals surface area contributed by atoms with Crippen molar-refractivity contribution in [2.75, 3.05) is 13.2 Å². The summed E-state index contributed by atoms with van der Waals surface area (Å²) in [7, 11) is 0. The van der Waals surface area contributed by atoms with Crippen LogP contribution >= 0.6 is 23.2 Å². The van der Waals surface area contributed by atoms with E-state index in [-0.39, 0.29) is 25.0 Å². The Balaban J connectivity index is 2.28. The van der Waals surface area contributed by atoms with Crippen molar-refractivity contribution in [1.29, 1.82) is 0 Å². The Hall–Kier alpha value is -2.24. The van der Waals surface area contributed by atoms with Crippen LogP contribution in [0.5, 0.6) is 5.75 Å². The number of nitrogens with zero attached hydrogens (tertiary/aromatic N) is 1. The van der Waals surface area contributed by atoms with Crippen LogP contribution in [0.4, 0.5) is 0 Å². The van der Waals surface area contributed by atoms with Crippen molar-refractivity contribution in [2.24, 2.45) is 0 Å². The fourth-order valence-corrected chi connectivity index (χ4v) is 4.10. The molecule has 1 N–H and O–H groups in total. The van der Waals surface area contributed by atoms with Crippen LogP contribution in [0.1, 0.15) is 55.4 Å². The predicted octanol–water partition coefficient (Wildman–Crippen LogP) is 6.02. The van der Waals surface area contributed by atoms with Gasteiger partial charge in [0, 0.05) is 23.1 Å². The van der Waals surface area contributed by atoms with Gasteiger partial charge in [-0.25, -0.2) is 0 Å². The van der Waals surface area contributed by atoms with Crippen LogP contribution < -0.4 is 10.1 Å². The summed E-state index contributed by atoms with van der Waals surface area (Å²) in [6, 6.07) is 8.51. The molecule has 0 bridgehead atoms. The topological polar surface area (TPSA) is 58.6 Å². The van der Waals surface area contributed by atoms with E-state index in [1.165, 1.54) is 0 Å². The number of nitrogens with one attached hydrogen (secondary N) is 1. The molecule has 0 aliphatic carbocycles. The zero-order valence-electron chi connectivity index (χ0n) is 20.1. The lowest BCUT2D eigenvalue weighted by atomic mass is 10.1. The van der Waals surface area contributed by atoms with Gasteiger partial charge in [0.05, 0.1) is 0 Å². The number of aryl methyl sites for hydroxylation is 2. The van der Waals surface area contributed by atoms with E-state index in [1.54, 1.807) is 23.1 Å². The lowest BCUT2D eigenvalue weighted by Crippen LogP contribution is -2.50. The molecule has 2 amide bonds. The molecule has 0 fully saturated rings. The molecule has 0 spiro atoms. The van der Waals surface area contributed by atoms with Gasteiger partial charge >= 0.3 is 0 Å². The fourth-order valence-electron chi connectivity index (χ4n) is 3.63. The molecule has 0 aliphatic rings. The highest BCUT2D eigenvalue weighted by atomic mass is 35.5. The van der Waals surface area contributed by atoms with Gasteiger partial charge in [-0.1, -0.05) is 55.6 Å². The molecule has 180 valence electrons. The third kappa shape index (κ3) is 7.65. The van der Waals surface area contributed by atoms with Gasteiger partial charge in [0.15, 0.2) is 6.61 Å². The fraction of sp³-hybridized carbons (Fsp3) is 0.462. The first-order valence-corrected chi connectivity index (χ1v) is 12.1. The van der Waals surface area contributed by atoms with Crippen LogP contribution in [0.3, 0.4) is 0 Å². The number of hydrogen-bond acceptors (Lipinski definition) is 3. The maximum absolute atomic E-state index is 13.4. The molecule has 0 radical (unpaired) electrons. The first-order valence-electron chi connectivity index (χ1n) is 11.4. The van der Waals surface area contributed by atoms with Gasteiger partial charge in [0.1, 0.15) is 11.8 Å². The van der Waals surface area contributed by atoms with Gasteiger partial charge in [0.2, 0.25) is 5.91 Å². The molecule has 0 saturated heterocycles. The van der Waals surface area contributed by atoms with Gasteiger partial charge in [-0.15, -0.1) is 0 Å². The van der Waals surface area contributed by atoms with Crippen molar-refractivity contribution in [1.82, 2.24) is 10.2 Å². The lowest BCUT2D eigenvalue weighted by molar-refractivity contribution is -0.143. The summed E-state index contributed by atoms with van der Waals surface area (Å²) >= 11 is 12.4. The monoisotopic (exact) mass is 492 g/mol. The second-order valence-corrected chi connectivity index (χ2v) is 9.16. The van der Waals surface area contributed by atoms with E-state index >= 15 is 0 Å². The number of amides is 2. The number of halogens is 2. The number of hydrogen-bond donors (Lipinski definition) is 1. The average molecular weight is 493 g/mol. The third-order valence-corrected chi connectivity index (χ3v) is 6.27. The number of rotatable bonds is 11. The summed E-state index contributed by atoms with van der Waals surface area (Å²) in [6.07, 6.45) is 2.33. The summed E-state index contributed by atoms with van der Waals surface area (Å²) in [5.74, 6) is 0.217. The van der Waals surface area contributed by atoms with Crippen molar-refractivity contribution in [3.05, 3.63) is 62.6 Å². The molecule has 2 aromatic carbocycles. The zero-order chi connectivity index (χ0) is 24.5. The molecular weight excluding hydrogens is 459 g/mol. The van der Waals surface area contributed by atoms with Gasteiger partial charge in [-0.3, -0.25) is 9.59 Å². The number of benzene rings is 2. The summed E-state index contributed by atoms with van der Waals surface area (Å²) in [5.41, 5.74) is 3.87. The second-order valence-electron chi connectivity index (χ2n) is 8.32. The highest BCUT2D eigenvalue weighted by molar-refractivity contribution is 6.35. The standard InChI is InChI=1S/C26H34Cl2N2O3/c1-6-8-11-29-26(32)23(7-2)30(15-20-9-10-21(27)14-22(20)28)25(31)16-33-24-13-17(3)12-18(4)19(24)5/h9-10,12-14,23H,6-8,11,15-16H2,1-5H3,(H,29,32)/t23-/m0/s1. The number of unbranched alkanes of at least 4 members (excludes halogenated alkanes) is 1. The molecule has 33 heavy (non-hydrogen) atoms. The molecular formula is C26H34Cl2N2O3. The minimum atomic E-state index is -0.634. The van der Waals surface area contributed by atoms with Crippen LogP contribution in [-0.4, -0.2) is 35.9 Å². The zero-order valence-corrected chi connectivity index (χ0v) is 21.6. The first kappa shape index (κ1) is 27.0. The molecule has 2 rings (SSSR count). The van der Waals surface area contributed by atoms with Crippen LogP contribution in [0, 0.1) is 20.8 Å². The third-order valence-electron chi connectivity index (χ3n) is 5.69. The summed E-state index contributed by atoms with van der Waals surface area (Å²) in [4.78, 5) is 27.9. The maximum atomic E-state index is 13.4. The number of carbonyl (C=O) groups is 2.